The zero-order valence-electron chi connectivity index (χ0n) is 8.97. The van der Waals surface area contributed by atoms with Crippen LogP contribution in [-0.2, 0) is 0 Å². The van der Waals surface area contributed by atoms with E-state index in [1.807, 2.05) is 6.92 Å². The third-order valence-electron chi connectivity index (χ3n) is 1.83. The number of anilines is 1. The van der Waals surface area contributed by atoms with Crippen LogP contribution in [0, 0.1) is 0 Å². The molecule has 0 radical (unpaired) electrons. The van der Waals surface area contributed by atoms with E-state index in [-0.39, 0.29) is 0 Å². The Balaban J connectivity index is 2.21. The molecule has 0 atom stereocenters. The van der Waals surface area contributed by atoms with Gasteiger partial charge in [0.15, 0.2) is 0 Å². The van der Waals surface area contributed by atoms with E-state index in [1.54, 1.807) is 12.1 Å². The van der Waals surface area contributed by atoms with Crippen LogP contribution in [0.3, 0.4) is 0 Å². The highest BCUT2D eigenvalue weighted by molar-refractivity contribution is 5.49. The molecule has 0 bridgehead atoms. The minimum atomic E-state index is 0.370. The summed E-state index contributed by atoms with van der Waals surface area (Å²) in [5.74, 6) is 0.838. The average molecular weight is 221 g/mol. The maximum absolute atomic E-state index is 4.94. The summed E-state index contributed by atoms with van der Waals surface area (Å²) in [6, 6.07) is 3.77. The fourth-order valence-electron chi connectivity index (χ4n) is 1.10. The minimum Gasteiger partial charge on any atom is -0.480 e. The summed E-state index contributed by atoms with van der Waals surface area (Å²) >= 11 is 0. The number of methoxy groups -OCH3 is 1. The average Bonchev–Trinajstić information content (AvgIpc) is 2.78. The summed E-state index contributed by atoms with van der Waals surface area (Å²) in [6.45, 7) is 2.66. The molecule has 0 spiro atoms. The van der Waals surface area contributed by atoms with E-state index in [0.29, 0.717) is 23.4 Å². The van der Waals surface area contributed by atoms with Crippen LogP contribution in [0.15, 0.2) is 16.7 Å². The molecule has 2 aromatic rings. The third-order valence-corrected chi connectivity index (χ3v) is 1.83. The Bertz CT molecular complexity index is 453. The van der Waals surface area contributed by atoms with Crippen molar-refractivity contribution < 1.29 is 9.26 Å². The summed E-state index contributed by atoms with van der Waals surface area (Å²) in [7, 11) is 1.53. The molecular weight excluding hydrogens is 210 g/mol. The van der Waals surface area contributed by atoms with Gasteiger partial charge in [-0.3, -0.25) is 0 Å². The fourth-order valence-corrected chi connectivity index (χ4v) is 1.10. The molecule has 16 heavy (non-hydrogen) atoms. The Labute approximate surface area is 91.8 Å². The van der Waals surface area contributed by atoms with Crippen molar-refractivity contribution in [2.75, 3.05) is 19.0 Å². The van der Waals surface area contributed by atoms with Gasteiger partial charge in [-0.1, -0.05) is 5.16 Å². The second-order valence-electron chi connectivity index (χ2n) is 2.91. The van der Waals surface area contributed by atoms with Crippen molar-refractivity contribution in [3.8, 4) is 17.4 Å². The molecule has 84 valence electrons. The highest BCUT2D eigenvalue weighted by Crippen LogP contribution is 2.15. The molecule has 0 aromatic carbocycles. The molecule has 0 aliphatic carbocycles. The van der Waals surface area contributed by atoms with Crippen LogP contribution in [0.2, 0.25) is 0 Å². The molecule has 2 aromatic heterocycles. The minimum absolute atomic E-state index is 0.370. The quantitative estimate of drug-likeness (QED) is 0.822. The molecule has 7 nitrogen and oxygen atoms in total. The van der Waals surface area contributed by atoms with E-state index in [1.165, 1.54) is 7.11 Å². The van der Waals surface area contributed by atoms with Crippen molar-refractivity contribution in [2.24, 2.45) is 0 Å². The monoisotopic (exact) mass is 221 g/mol. The van der Waals surface area contributed by atoms with Gasteiger partial charge in [-0.15, -0.1) is 10.2 Å². The Morgan fingerprint density at radius 3 is 2.88 bits per heavy atom. The van der Waals surface area contributed by atoms with E-state index in [0.717, 1.165) is 6.54 Å². The van der Waals surface area contributed by atoms with Crippen molar-refractivity contribution in [1.82, 2.24) is 20.3 Å². The molecule has 0 unspecified atom stereocenters. The molecule has 2 heterocycles. The molecule has 0 saturated heterocycles. The van der Waals surface area contributed by atoms with Crippen LogP contribution in [0.25, 0.3) is 11.5 Å². The molecule has 7 heteroatoms. The smallest absolute Gasteiger partial charge is 0.321 e. The molecule has 0 aliphatic rings. The van der Waals surface area contributed by atoms with Crippen LogP contribution in [-0.4, -0.2) is 34.0 Å². The second-order valence-corrected chi connectivity index (χ2v) is 2.91. The predicted molar refractivity (Wildman–Crippen MR) is 56.0 cm³/mol. The standard InChI is InChI=1S/C9H11N5O2/c1-3-10-9-11-8(14-16-9)6-4-5-7(15-2)13-12-6/h4-5H,3H2,1-2H3,(H,10,11,14). The molecule has 2 rings (SSSR count). The summed E-state index contributed by atoms with van der Waals surface area (Å²) in [4.78, 5) is 4.09. The summed E-state index contributed by atoms with van der Waals surface area (Å²) < 4.78 is 9.84. The predicted octanol–water partition coefficient (Wildman–Crippen LogP) is 0.967. The van der Waals surface area contributed by atoms with Gasteiger partial charge in [-0.25, -0.2) is 0 Å². The van der Waals surface area contributed by atoms with Crippen LogP contribution in [0.1, 0.15) is 6.92 Å². The van der Waals surface area contributed by atoms with Crippen molar-refractivity contribution in [1.29, 1.82) is 0 Å². The lowest BCUT2D eigenvalue weighted by Crippen LogP contribution is -1.96. The molecule has 0 amide bonds. The first-order chi connectivity index (χ1) is 7.83. The van der Waals surface area contributed by atoms with Gasteiger partial charge in [0, 0.05) is 12.6 Å². The van der Waals surface area contributed by atoms with Gasteiger partial charge < -0.3 is 14.6 Å². The zero-order chi connectivity index (χ0) is 11.4. The van der Waals surface area contributed by atoms with E-state index < -0.39 is 0 Å². The van der Waals surface area contributed by atoms with Gasteiger partial charge in [0.25, 0.3) is 0 Å². The maximum Gasteiger partial charge on any atom is 0.321 e. The van der Waals surface area contributed by atoms with Crippen LogP contribution >= 0.6 is 0 Å². The van der Waals surface area contributed by atoms with Crippen LogP contribution < -0.4 is 10.1 Å². The van der Waals surface area contributed by atoms with Gasteiger partial charge in [-0.2, -0.15) is 4.98 Å². The highest BCUT2D eigenvalue weighted by atomic mass is 16.5. The lowest BCUT2D eigenvalue weighted by atomic mass is 10.4. The summed E-state index contributed by atoms with van der Waals surface area (Å²) in [5.41, 5.74) is 0.536. The molecule has 0 saturated carbocycles. The SMILES string of the molecule is CCNc1nc(-c2ccc(OC)nn2)no1. The van der Waals surface area contributed by atoms with Gasteiger partial charge in [0.05, 0.1) is 7.11 Å². The number of hydrogen-bond acceptors (Lipinski definition) is 7. The Kier molecular flexibility index (Phi) is 2.95. The normalized spacial score (nSPS) is 10.1. The number of ether oxygens (including phenoxy) is 1. The maximum atomic E-state index is 4.94. The third kappa shape index (κ3) is 2.08. The lowest BCUT2D eigenvalue weighted by molar-refractivity contribution is 0.392. The number of nitrogens with zero attached hydrogens (tertiary/aromatic N) is 4. The number of rotatable bonds is 4. The number of hydrogen-bond donors (Lipinski definition) is 1. The van der Waals surface area contributed by atoms with Gasteiger partial charge in [0.2, 0.25) is 11.7 Å². The van der Waals surface area contributed by atoms with Crippen LogP contribution in [0.4, 0.5) is 6.01 Å². The van der Waals surface area contributed by atoms with E-state index >= 15 is 0 Å². The highest BCUT2D eigenvalue weighted by Gasteiger charge is 2.09. The van der Waals surface area contributed by atoms with E-state index in [9.17, 15) is 0 Å². The van der Waals surface area contributed by atoms with Gasteiger partial charge in [0.1, 0.15) is 5.69 Å². The van der Waals surface area contributed by atoms with Crippen molar-refractivity contribution in [2.45, 2.75) is 6.92 Å². The van der Waals surface area contributed by atoms with Gasteiger partial charge >= 0.3 is 6.01 Å². The Hall–Kier alpha value is -2.18. The first-order valence-electron chi connectivity index (χ1n) is 4.79. The zero-order valence-corrected chi connectivity index (χ0v) is 8.97. The second kappa shape index (κ2) is 4.56. The molecular formula is C9H11N5O2. The molecule has 0 fully saturated rings. The van der Waals surface area contributed by atoms with E-state index in [2.05, 4.69) is 25.7 Å². The van der Waals surface area contributed by atoms with Gasteiger partial charge in [-0.05, 0) is 13.0 Å². The number of nitrogens with one attached hydrogen (secondary N) is 1. The topological polar surface area (TPSA) is 86.0 Å². The lowest BCUT2D eigenvalue weighted by Gasteiger charge is -1.96. The van der Waals surface area contributed by atoms with E-state index in [4.69, 9.17) is 9.26 Å². The first kappa shape index (κ1) is 10.3. The number of aromatic nitrogens is 4. The van der Waals surface area contributed by atoms with Crippen molar-refractivity contribution >= 4 is 6.01 Å². The summed E-state index contributed by atoms with van der Waals surface area (Å²) in [6.07, 6.45) is 0. The summed E-state index contributed by atoms with van der Waals surface area (Å²) in [5, 5.41) is 14.4. The Morgan fingerprint density at radius 2 is 2.25 bits per heavy atom. The first-order valence-corrected chi connectivity index (χ1v) is 4.79. The Morgan fingerprint density at radius 1 is 1.38 bits per heavy atom. The molecule has 1 N–H and O–H groups in total. The van der Waals surface area contributed by atoms with Crippen LogP contribution in [0.5, 0.6) is 5.88 Å². The fraction of sp³-hybridized carbons (Fsp3) is 0.333. The largest absolute Gasteiger partial charge is 0.480 e. The van der Waals surface area contributed by atoms with Crippen molar-refractivity contribution in [3.05, 3.63) is 12.1 Å². The van der Waals surface area contributed by atoms with Crippen molar-refractivity contribution in [3.63, 3.8) is 0 Å². The molecule has 0 aliphatic heterocycles.